The Morgan fingerprint density at radius 1 is 0.848 bits per heavy atom. The van der Waals surface area contributed by atoms with Crippen LogP contribution in [-0.4, -0.2) is 38.6 Å². The lowest BCUT2D eigenvalue weighted by atomic mass is 10.2. The third-order valence-corrected chi connectivity index (χ3v) is 7.38. The molecular weight excluding hydrogens is 498 g/mol. The summed E-state index contributed by atoms with van der Waals surface area (Å²) in [6, 6.07) is 15.1. The quantitative estimate of drug-likeness (QED) is 0.177. The van der Waals surface area contributed by atoms with Crippen molar-refractivity contribution in [2.24, 2.45) is 0 Å². The van der Waals surface area contributed by atoms with E-state index >= 15 is 0 Å². The zero-order chi connectivity index (χ0) is 22.9. The first-order valence-electron chi connectivity index (χ1n) is 10.2. The first-order valence-corrected chi connectivity index (χ1v) is 13.4. The molecule has 1 N–H and O–H groups in total. The number of ether oxygens (including phenoxy) is 2. The Morgan fingerprint density at radius 2 is 1.52 bits per heavy atom. The van der Waals surface area contributed by atoms with Gasteiger partial charge in [-0.3, -0.25) is 0 Å². The van der Waals surface area contributed by atoms with E-state index < -0.39 is 0 Å². The van der Waals surface area contributed by atoms with E-state index in [0.717, 1.165) is 45.2 Å². The number of anilines is 1. The number of aryl methyl sites for hydroxylation is 3. The van der Waals surface area contributed by atoms with Crippen molar-refractivity contribution in [1.29, 1.82) is 0 Å². The van der Waals surface area contributed by atoms with E-state index in [0.29, 0.717) is 22.7 Å². The van der Waals surface area contributed by atoms with Crippen molar-refractivity contribution in [1.82, 2.24) is 20.4 Å². The normalized spacial score (nSPS) is 10.8. The number of nitrogens with one attached hydrogen (secondary N) is 1. The van der Waals surface area contributed by atoms with Crippen LogP contribution in [0.15, 0.2) is 48.5 Å². The fourth-order valence-electron chi connectivity index (χ4n) is 2.65. The zero-order valence-electron chi connectivity index (χ0n) is 17.9. The number of hydrogen-bond acceptors (Lipinski definition) is 10. The Kier molecular flexibility index (Phi) is 8.76. The van der Waals surface area contributed by atoms with Gasteiger partial charge < -0.3 is 14.8 Å². The Hall–Kier alpha value is -2.40. The van der Waals surface area contributed by atoms with Gasteiger partial charge in [0.1, 0.15) is 21.5 Å². The van der Waals surface area contributed by atoms with Gasteiger partial charge in [0.15, 0.2) is 6.73 Å². The van der Waals surface area contributed by atoms with Crippen molar-refractivity contribution in [3.8, 4) is 16.7 Å². The Morgan fingerprint density at radius 3 is 2.27 bits per heavy atom. The van der Waals surface area contributed by atoms with E-state index in [9.17, 15) is 0 Å². The highest BCUT2D eigenvalue weighted by Gasteiger charge is 2.08. The van der Waals surface area contributed by atoms with Gasteiger partial charge in [-0.25, -0.2) is 0 Å². The minimum Gasteiger partial charge on any atom is -0.473 e. The van der Waals surface area contributed by atoms with Gasteiger partial charge in [-0.1, -0.05) is 57.1 Å². The molecule has 33 heavy (non-hydrogen) atoms. The van der Waals surface area contributed by atoms with Crippen LogP contribution in [0.3, 0.4) is 0 Å². The highest BCUT2D eigenvalue weighted by atomic mass is 35.5. The summed E-state index contributed by atoms with van der Waals surface area (Å²) in [6.45, 7) is 2.41. The molecule has 172 valence electrons. The lowest BCUT2D eigenvalue weighted by Crippen LogP contribution is -2.08. The molecule has 0 saturated heterocycles. The molecule has 4 rings (SSSR count). The fourth-order valence-corrected chi connectivity index (χ4v) is 5.34. The minimum atomic E-state index is 0.359. The van der Waals surface area contributed by atoms with Gasteiger partial charge in [-0.2, -0.15) is 11.8 Å². The smallest absolute Gasteiger partial charge is 0.299 e. The number of hydrogen-bond donors (Lipinski definition) is 1. The average Bonchev–Trinajstić information content (AvgIpc) is 3.46. The van der Waals surface area contributed by atoms with Crippen LogP contribution in [0.2, 0.25) is 5.02 Å². The topological polar surface area (TPSA) is 82.0 Å². The van der Waals surface area contributed by atoms with Crippen molar-refractivity contribution in [2.75, 3.05) is 23.6 Å². The molecule has 0 spiro atoms. The first kappa shape index (κ1) is 23.7. The molecule has 2 aromatic carbocycles. The Labute approximate surface area is 209 Å². The van der Waals surface area contributed by atoms with Crippen LogP contribution >= 0.6 is 46.0 Å². The van der Waals surface area contributed by atoms with E-state index in [4.69, 9.17) is 21.1 Å². The predicted molar refractivity (Wildman–Crippen MR) is 136 cm³/mol. The van der Waals surface area contributed by atoms with Gasteiger partial charge in [0.2, 0.25) is 5.13 Å². The van der Waals surface area contributed by atoms with Crippen LogP contribution in [-0.2, 0) is 12.8 Å². The SMILES string of the molecule is Cc1ccc(OCNc2nnc(CCSCCc3nnc(Oc4ccc(Cl)cc4)s3)s2)cc1. The summed E-state index contributed by atoms with van der Waals surface area (Å²) < 4.78 is 11.4. The Bertz CT molecular complexity index is 1140. The molecule has 0 unspecified atom stereocenters. The van der Waals surface area contributed by atoms with Gasteiger partial charge in [-0.05, 0) is 54.8 Å². The highest BCUT2D eigenvalue weighted by Crippen LogP contribution is 2.26. The monoisotopic (exact) mass is 519 g/mol. The largest absolute Gasteiger partial charge is 0.473 e. The molecule has 0 saturated carbocycles. The maximum Gasteiger partial charge on any atom is 0.299 e. The van der Waals surface area contributed by atoms with Crippen LogP contribution < -0.4 is 14.8 Å². The van der Waals surface area contributed by atoms with E-state index in [2.05, 4.69) is 32.6 Å². The van der Waals surface area contributed by atoms with E-state index in [1.54, 1.807) is 23.5 Å². The molecule has 11 heteroatoms. The van der Waals surface area contributed by atoms with E-state index in [1.807, 2.05) is 48.2 Å². The lowest BCUT2D eigenvalue weighted by Gasteiger charge is -2.06. The second-order valence-electron chi connectivity index (χ2n) is 6.91. The second kappa shape index (κ2) is 12.2. The third-order valence-electron chi connectivity index (χ3n) is 4.34. The van der Waals surface area contributed by atoms with Gasteiger partial charge >= 0.3 is 0 Å². The van der Waals surface area contributed by atoms with Crippen molar-refractivity contribution in [3.05, 3.63) is 69.1 Å². The second-order valence-corrected chi connectivity index (χ2v) is 10.7. The summed E-state index contributed by atoms with van der Waals surface area (Å²) >= 11 is 10.8. The molecule has 2 aromatic heterocycles. The summed E-state index contributed by atoms with van der Waals surface area (Å²) in [5.74, 6) is 3.46. The molecule has 0 aliphatic rings. The molecular formula is C22H22ClN5O2S3. The number of thioether (sulfide) groups is 1. The molecule has 4 aromatic rings. The zero-order valence-corrected chi connectivity index (χ0v) is 21.1. The lowest BCUT2D eigenvalue weighted by molar-refractivity contribution is 0.346. The molecule has 0 aliphatic heterocycles. The Balaban J connectivity index is 1.10. The van der Waals surface area contributed by atoms with Crippen LogP contribution in [0.5, 0.6) is 16.7 Å². The van der Waals surface area contributed by atoms with Gasteiger partial charge in [0.25, 0.3) is 5.19 Å². The molecule has 7 nitrogen and oxygen atoms in total. The standard InChI is InChI=1S/C22H22ClN5O2S3/c1-15-2-6-17(7-3-15)29-14-24-21-27-25-19(32-21)10-12-31-13-11-20-26-28-22(33-20)30-18-8-4-16(23)5-9-18/h2-9H,10-14H2,1H3,(H,24,27). The van der Waals surface area contributed by atoms with Crippen LogP contribution in [0.25, 0.3) is 0 Å². The fraction of sp³-hybridized carbons (Fsp3) is 0.273. The molecule has 0 amide bonds. The number of rotatable bonds is 12. The average molecular weight is 520 g/mol. The maximum atomic E-state index is 5.89. The number of nitrogens with zero attached hydrogens (tertiary/aromatic N) is 4. The predicted octanol–water partition coefficient (Wildman–Crippen LogP) is 6.11. The molecule has 0 aliphatic carbocycles. The minimum absolute atomic E-state index is 0.359. The summed E-state index contributed by atoms with van der Waals surface area (Å²) in [4.78, 5) is 0. The summed E-state index contributed by atoms with van der Waals surface area (Å²) in [5, 5.41) is 23.8. The van der Waals surface area contributed by atoms with Gasteiger partial charge in [0.05, 0.1) is 0 Å². The molecule has 0 fully saturated rings. The molecule has 0 bridgehead atoms. The van der Waals surface area contributed by atoms with Crippen molar-refractivity contribution in [3.63, 3.8) is 0 Å². The maximum absolute atomic E-state index is 5.89. The van der Waals surface area contributed by atoms with Crippen molar-refractivity contribution < 1.29 is 9.47 Å². The highest BCUT2D eigenvalue weighted by molar-refractivity contribution is 7.99. The van der Waals surface area contributed by atoms with Crippen LogP contribution in [0, 0.1) is 6.92 Å². The number of halogens is 1. The molecule has 2 heterocycles. The first-order chi connectivity index (χ1) is 16.1. The van der Waals surface area contributed by atoms with E-state index in [1.165, 1.54) is 16.9 Å². The van der Waals surface area contributed by atoms with Gasteiger partial charge in [0, 0.05) is 17.9 Å². The molecule has 0 radical (unpaired) electrons. The van der Waals surface area contributed by atoms with Crippen molar-refractivity contribution in [2.45, 2.75) is 19.8 Å². The van der Waals surface area contributed by atoms with Crippen LogP contribution in [0.1, 0.15) is 15.6 Å². The number of aromatic nitrogens is 4. The third kappa shape index (κ3) is 7.85. The van der Waals surface area contributed by atoms with E-state index in [-0.39, 0.29) is 0 Å². The summed E-state index contributed by atoms with van der Waals surface area (Å²) in [5.41, 5.74) is 1.21. The summed E-state index contributed by atoms with van der Waals surface area (Å²) in [6.07, 6.45) is 1.73. The molecule has 0 atom stereocenters. The van der Waals surface area contributed by atoms with Gasteiger partial charge in [-0.15, -0.1) is 15.3 Å². The number of benzene rings is 2. The summed E-state index contributed by atoms with van der Waals surface area (Å²) in [7, 11) is 0. The van der Waals surface area contributed by atoms with Crippen LogP contribution in [0.4, 0.5) is 5.13 Å². The van der Waals surface area contributed by atoms with Crippen molar-refractivity contribution >= 4 is 51.2 Å².